The zero-order chi connectivity index (χ0) is 15.7. The molecule has 2 amide bonds. The van der Waals surface area contributed by atoms with Crippen LogP contribution >= 0.6 is 0 Å². The zero-order valence-electron chi connectivity index (χ0n) is 13.4. The lowest BCUT2D eigenvalue weighted by Gasteiger charge is -2.29. The summed E-state index contributed by atoms with van der Waals surface area (Å²) in [6, 6.07) is 0.217. The first-order valence-electron chi connectivity index (χ1n) is 8.29. The minimum Gasteiger partial charge on any atom is -0.481 e. The predicted octanol–water partition coefficient (Wildman–Crippen LogP) is 3.15. The van der Waals surface area contributed by atoms with Crippen LogP contribution in [0.25, 0.3) is 0 Å². The Hall–Kier alpha value is -1.26. The Balaban J connectivity index is 2.18. The summed E-state index contributed by atoms with van der Waals surface area (Å²) in [5.41, 5.74) is 0. The topological polar surface area (TPSA) is 78.4 Å². The molecule has 0 radical (unpaired) electrons. The average Bonchev–Trinajstić information content (AvgIpc) is 2.45. The van der Waals surface area contributed by atoms with Crippen LogP contribution in [0.1, 0.15) is 65.2 Å². The number of carbonyl (C=O) groups is 2. The molecule has 5 heteroatoms. The van der Waals surface area contributed by atoms with Crippen molar-refractivity contribution >= 4 is 12.0 Å². The summed E-state index contributed by atoms with van der Waals surface area (Å²) in [5, 5.41) is 14.7. The van der Waals surface area contributed by atoms with E-state index in [9.17, 15) is 9.59 Å². The third kappa shape index (κ3) is 7.34. The van der Waals surface area contributed by atoms with Crippen molar-refractivity contribution in [1.82, 2.24) is 10.6 Å². The molecular formula is C16H30N2O3. The van der Waals surface area contributed by atoms with Crippen molar-refractivity contribution in [1.29, 1.82) is 0 Å². The van der Waals surface area contributed by atoms with E-state index in [0.717, 1.165) is 19.3 Å². The van der Waals surface area contributed by atoms with E-state index in [4.69, 9.17) is 5.11 Å². The molecule has 0 aromatic rings. The lowest BCUT2D eigenvalue weighted by Crippen LogP contribution is -2.46. The molecular weight excluding hydrogens is 268 g/mol. The summed E-state index contributed by atoms with van der Waals surface area (Å²) >= 11 is 0. The van der Waals surface area contributed by atoms with E-state index < -0.39 is 5.97 Å². The molecule has 0 aliphatic heterocycles. The number of urea groups is 1. The van der Waals surface area contributed by atoms with Crippen molar-refractivity contribution in [2.45, 2.75) is 71.3 Å². The van der Waals surface area contributed by atoms with Gasteiger partial charge in [0.15, 0.2) is 0 Å². The van der Waals surface area contributed by atoms with Gasteiger partial charge >= 0.3 is 12.0 Å². The van der Waals surface area contributed by atoms with Gasteiger partial charge in [-0.1, -0.05) is 33.1 Å². The molecule has 5 nitrogen and oxygen atoms in total. The van der Waals surface area contributed by atoms with Crippen LogP contribution in [0, 0.1) is 11.8 Å². The summed E-state index contributed by atoms with van der Waals surface area (Å²) in [5.74, 6) is 0.184. The van der Waals surface area contributed by atoms with Gasteiger partial charge in [0.2, 0.25) is 0 Å². The highest BCUT2D eigenvalue weighted by molar-refractivity contribution is 5.74. The monoisotopic (exact) mass is 298 g/mol. The van der Waals surface area contributed by atoms with Gasteiger partial charge < -0.3 is 15.7 Å². The summed E-state index contributed by atoms with van der Waals surface area (Å²) in [6.07, 6.45) is 7.43. The van der Waals surface area contributed by atoms with E-state index in [-0.39, 0.29) is 12.5 Å². The average molecular weight is 298 g/mol. The highest BCUT2D eigenvalue weighted by Crippen LogP contribution is 2.23. The zero-order valence-corrected chi connectivity index (χ0v) is 13.4. The van der Waals surface area contributed by atoms with Crippen molar-refractivity contribution in [3.05, 3.63) is 0 Å². The molecule has 122 valence electrons. The van der Waals surface area contributed by atoms with Crippen molar-refractivity contribution in [3.63, 3.8) is 0 Å². The summed E-state index contributed by atoms with van der Waals surface area (Å²) in [7, 11) is 0. The number of hydrogen-bond acceptors (Lipinski definition) is 2. The SMILES string of the molecule is CCC(CCNC(=O)NC1CCCCC1C)CCC(=O)O. The van der Waals surface area contributed by atoms with Crippen LogP contribution in [0.15, 0.2) is 0 Å². The minimum absolute atomic E-state index is 0.0816. The van der Waals surface area contributed by atoms with Crippen LogP contribution in [0.3, 0.4) is 0 Å². The fraction of sp³-hybridized carbons (Fsp3) is 0.875. The third-order valence-corrected chi connectivity index (χ3v) is 4.61. The smallest absolute Gasteiger partial charge is 0.315 e. The van der Waals surface area contributed by atoms with Gasteiger partial charge in [0, 0.05) is 19.0 Å². The van der Waals surface area contributed by atoms with Crippen LogP contribution in [0.4, 0.5) is 4.79 Å². The number of amides is 2. The molecule has 0 aromatic carbocycles. The Bertz CT molecular complexity index is 333. The molecule has 21 heavy (non-hydrogen) atoms. The lowest BCUT2D eigenvalue weighted by molar-refractivity contribution is -0.137. The first-order valence-corrected chi connectivity index (χ1v) is 8.29. The molecule has 3 N–H and O–H groups in total. The summed E-state index contributed by atoms with van der Waals surface area (Å²) < 4.78 is 0. The van der Waals surface area contributed by atoms with Gasteiger partial charge in [-0.3, -0.25) is 4.79 Å². The Morgan fingerprint density at radius 3 is 2.57 bits per heavy atom. The fourth-order valence-corrected chi connectivity index (χ4v) is 3.02. The maximum Gasteiger partial charge on any atom is 0.315 e. The standard InChI is InChI=1S/C16H30N2O3/c1-3-13(8-9-15(19)20)10-11-17-16(21)18-14-7-5-4-6-12(14)2/h12-14H,3-11H2,1-2H3,(H,19,20)(H2,17,18,21). The Kier molecular flexibility index (Phi) is 8.16. The molecule has 3 atom stereocenters. The van der Waals surface area contributed by atoms with Crippen LogP contribution in [-0.4, -0.2) is 29.7 Å². The van der Waals surface area contributed by atoms with Crippen LogP contribution in [-0.2, 0) is 4.79 Å². The van der Waals surface area contributed by atoms with E-state index in [0.29, 0.717) is 30.8 Å². The maximum atomic E-state index is 11.9. The molecule has 0 saturated heterocycles. The van der Waals surface area contributed by atoms with E-state index in [1.54, 1.807) is 0 Å². The van der Waals surface area contributed by atoms with Gasteiger partial charge in [0.1, 0.15) is 0 Å². The number of aliphatic carboxylic acids is 1. The van der Waals surface area contributed by atoms with Crippen molar-refractivity contribution < 1.29 is 14.7 Å². The maximum absolute atomic E-state index is 11.9. The van der Waals surface area contributed by atoms with Crippen LogP contribution < -0.4 is 10.6 Å². The fourth-order valence-electron chi connectivity index (χ4n) is 3.02. The summed E-state index contributed by atoms with van der Waals surface area (Å²) in [6.45, 7) is 4.88. The lowest BCUT2D eigenvalue weighted by atomic mass is 9.86. The van der Waals surface area contributed by atoms with E-state index in [2.05, 4.69) is 24.5 Å². The predicted molar refractivity (Wildman–Crippen MR) is 83.2 cm³/mol. The highest BCUT2D eigenvalue weighted by atomic mass is 16.4. The molecule has 1 aliphatic rings. The molecule has 0 aromatic heterocycles. The number of carboxylic acids is 1. The van der Waals surface area contributed by atoms with Crippen LogP contribution in [0.2, 0.25) is 0 Å². The number of hydrogen-bond donors (Lipinski definition) is 3. The second kappa shape index (κ2) is 9.64. The Morgan fingerprint density at radius 1 is 1.24 bits per heavy atom. The van der Waals surface area contributed by atoms with E-state index >= 15 is 0 Å². The van der Waals surface area contributed by atoms with Gasteiger partial charge in [-0.15, -0.1) is 0 Å². The van der Waals surface area contributed by atoms with E-state index in [1.165, 1.54) is 19.3 Å². The first-order chi connectivity index (χ1) is 10.0. The normalized spacial score (nSPS) is 23.3. The second-order valence-corrected chi connectivity index (χ2v) is 6.26. The molecule has 1 saturated carbocycles. The third-order valence-electron chi connectivity index (χ3n) is 4.61. The Morgan fingerprint density at radius 2 is 1.95 bits per heavy atom. The van der Waals surface area contributed by atoms with Crippen molar-refractivity contribution in [3.8, 4) is 0 Å². The van der Waals surface area contributed by atoms with Crippen molar-refractivity contribution in [2.24, 2.45) is 11.8 Å². The molecule has 0 spiro atoms. The highest BCUT2D eigenvalue weighted by Gasteiger charge is 2.22. The largest absolute Gasteiger partial charge is 0.481 e. The van der Waals surface area contributed by atoms with Crippen LogP contribution in [0.5, 0.6) is 0 Å². The molecule has 0 bridgehead atoms. The molecule has 3 unspecified atom stereocenters. The van der Waals surface area contributed by atoms with E-state index in [1.807, 2.05) is 0 Å². The van der Waals surface area contributed by atoms with Gasteiger partial charge in [0.25, 0.3) is 0 Å². The van der Waals surface area contributed by atoms with Gasteiger partial charge in [0.05, 0.1) is 0 Å². The number of rotatable bonds is 8. The first kappa shape index (κ1) is 17.8. The summed E-state index contributed by atoms with van der Waals surface area (Å²) in [4.78, 5) is 22.5. The van der Waals surface area contributed by atoms with Gasteiger partial charge in [-0.05, 0) is 37.5 Å². The minimum atomic E-state index is -0.745. The number of nitrogens with one attached hydrogen (secondary N) is 2. The van der Waals surface area contributed by atoms with Gasteiger partial charge in [-0.2, -0.15) is 0 Å². The number of carboxylic acid groups (broad SMARTS) is 1. The molecule has 1 fully saturated rings. The molecule has 0 heterocycles. The second-order valence-electron chi connectivity index (χ2n) is 6.26. The number of carbonyl (C=O) groups excluding carboxylic acids is 1. The van der Waals surface area contributed by atoms with Gasteiger partial charge in [-0.25, -0.2) is 4.79 Å². The molecule has 1 aliphatic carbocycles. The van der Waals surface area contributed by atoms with Crippen molar-refractivity contribution in [2.75, 3.05) is 6.54 Å². The quantitative estimate of drug-likeness (QED) is 0.644. The Labute approximate surface area is 127 Å². The molecule has 1 rings (SSSR count).